The SMILES string of the molecule is COC1OC(CO)[C@@H](O)C(O[C@@H]2OC(C(=O)O)[C@H](OC3OC(CO)[C@@H](O)C(O[C@@H]4OC(C(=O)NCCNC(=O)c5cc(C[n+]6cccc(B(O)O)c6)ccc5C[n+]5cccc(B(O)O)c5)[C@H](C)[C@@H](O)C4O)C3NC(C)=O)[C@@H](O)C2O)C1NC(C)=O. The molecule has 20 atom stereocenters. The van der Waals surface area contributed by atoms with E-state index in [4.69, 9.17) is 37.9 Å². The Morgan fingerprint density at radius 3 is 1.61 bits per heavy atom. The van der Waals surface area contributed by atoms with Crippen LogP contribution in [0.4, 0.5) is 0 Å². The summed E-state index contributed by atoms with van der Waals surface area (Å²) < 4.78 is 49.2. The Kier molecular flexibility index (Phi) is 23.3. The third-order valence-corrected chi connectivity index (χ3v) is 14.7. The third-order valence-electron chi connectivity index (χ3n) is 14.7. The zero-order valence-electron chi connectivity index (χ0n) is 46.3. The Morgan fingerprint density at radius 2 is 1.09 bits per heavy atom. The maximum absolute atomic E-state index is 14.0. The fraction of sp³-hybridized carbons (Fsp3) is 0.588. The molecule has 0 aliphatic carbocycles. The number of carboxylic acids is 1. The summed E-state index contributed by atoms with van der Waals surface area (Å²) in [6.07, 6.45) is -26.1. The summed E-state index contributed by atoms with van der Waals surface area (Å²) in [7, 11) is -2.32. The number of benzene rings is 1. The molecule has 4 fully saturated rings. The van der Waals surface area contributed by atoms with Crippen molar-refractivity contribution in [3.05, 3.63) is 83.9 Å². The summed E-state index contributed by atoms with van der Waals surface area (Å²) in [4.78, 5) is 65.7. The molecule has 1 aromatic carbocycles. The van der Waals surface area contributed by atoms with Crippen molar-refractivity contribution in [3.63, 3.8) is 0 Å². The molecule has 2 aromatic heterocycles. The summed E-state index contributed by atoms with van der Waals surface area (Å²) in [5, 5.41) is 148. The second-order valence-electron chi connectivity index (χ2n) is 20.8. The Morgan fingerprint density at radius 1 is 0.600 bits per heavy atom. The van der Waals surface area contributed by atoms with Gasteiger partial charge in [-0.2, -0.15) is 0 Å². The minimum atomic E-state index is -2.31. The number of aliphatic hydroxyl groups is 8. The van der Waals surface area contributed by atoms with Gasteiger partial charge >= 0.3 is 20.2 Å². The minimum Gasteiger partial charge on any atom is -0.479 e. The van der Waals surface area contributed by atoms with Crippen molar-refractivity contribution in [1.29, 1.82) is 0 Å². The van der Waals surface area contributed by atoms with Crippen LogP contribution in [0.1, 0.15) is 42.3 Å². The van der Waals surface area contributed by atoms with E-state index in [1.807, 2.05) is 0 Å². The first kappa shape index (κ1) is 66.7. The lowest BCUT2D eigenvalue weighted by molar-refractivity contribution is -0.688. The van der Waals surface area contributed by atoms with E-state index < -0.39 is 180 Å². The summed E-state index contributed by atoms with van der Waals surface area (Å²) in [6.45, 7) is 1.54. The van der Waals surface area contributed by atoms with E-state index in [1.54, 1.807) is 51.9 Å². The lowest BCUT2D eigenvalue weighted by Crippen LogP contribution is -2.70. The Hall–Kier alpha value is -5.80. The number of aromatic nitrogens is 2. The number of ether oxygens (including phenoxy) is 8. The van der Waals surface area contributed by atoms with E-state index in [2.05, 4.69) is 21.3 Å². The molecular formula is C51H72B2N6O26+2. The smallest absolute Gasteiger partial charge is 0.479 e. The van der Waals surface area contributed by atoms with E-state index in [0.717, 1.165) is 13.8 Å². The summed E-state index contributed by atoms with van der Waals surface area (Å²) in [5.74, 6) is -6.00. The van der Waals surface area contributed by atoms with E-state index in [1.165, 1.54) is 38.6 Å². The van der Waals surface area contributed by atoms with Crippen LogP contribution in [0.3, 0.4) is 0 Å². The van der Waals surface area contributed by atoms with E-state index >= 15 is 0 Å². The Labute approximate surface area is 485 Å². The van der Waals surface area contributed by atoms with Crippen LogP contribution in [-0.2, 0) is 70.2 Å². The normalized spacial score (nSPS) is 33.0. The molecule has 0 radical (unpaired) electrons. The number of aliphatic carboxylic acids is 1. The number of hydrogen-bond acceptors (Lipinski definition) is 25. The number of carbonyl (C=O) groups is 5. The maximum Gasteiger partial charge on any atom is 0.494 e. The van der Waals surface area contributed by atoms with Crippen LogP contribution in [0.25, 0.3) is 0 Å². The van der Waals surface area contributed by atoms with E-state index in [-0.39, 0.29) is 42.7 Å². The minimum absolute atomic E-state index is 0.0993. The molecule has 0 saturated carbocycles. The standard InChI is InChI=1S/C51H70B2N6O26/c1-22-34(64)38(68)50(81-40(22)46(71)55-12-11-54-45(70)29-15-25(16-58-13-5-7-27(18-58)52(74)75)9-10-26(29)17-59-14-6-8-28(19-59)53(76)77)83-42-33(57-24(3)63)49(80-31(21-61)36(42)66)84-43-37(67)39(69)51(85-44(43)47(72)73)82-41-32(56-23(2)62)48(78-4)79-30(20-60)35(41)65/h5-10,13-15,18-19,22,30-44,48-51,60-61,64-69,74-77H,11-12,16-17,20-21H2,1-4H3,(H3-2,54,55,56,57,62,63,70,71,72,73)/p+2/t22-,30?,31?,32?,33?,34-,35-,36-,37+,38?,39?,40?,41?,42?,43-,44?,48?,49?,50+,51-/m1/s1. The number of nitrogens with one attached hydrogen (secondary N) is 4. The highest BCUT2D eigenvalue weighted by atomic mass is 16.8. The average Bonchev–Trinajstić information content (AvgIpc) is 1.14. The number of pyridine rings is 2. The molecule has 4 aliphatic rings. The van der Waals surface area contributed by atoms with Gasteiger partial charge in [-0.05, 0) is 6.07 Å². The number of carbonyl (C=O) groups excluding carboxylic acids is 4. The van der Waals surface area contributed by atoms with Crippen LogP contribution in [-0.4, -0.2) is 260 Å². The van der Waals surface area contributed by atoms with E-state index in [9.17, 15) is 90.0 Å². The average molecular weight is 1210 g/mol. The van der Waals surface area contributed by atoms with Crippen molar-refractivity contribution in [2.75, 3.05) is 33.4 Å². The number of hydrogen-bond donors (Lipinski definition) is 17. The fourth-order valence-electron chi connectivity index (χ4n) is 10.4. The van der Waals surface area contributed by atoms with Gasteiger partial charge in [0.25, 0.3) is 5.91 Å². The first-order chi connectivity index (χ1) is 40.3. The molecule has 85 heavy (non-hydrogen) atoms. The molecule has 4 saturated heterocycles. The number of aliphatic hydroxyl groups excluding tert-OH is 8. The first-order valence-electron chi connectivity index (χ1n) is 26.9. The number of rotatable bonds is 23. The topological polar surface area (TPSA) is 478 Å². The maximum atomic E-state index is 14.0. The van der Waals surface area contributed by atoms with Crippen molar-refractivity contribution in [3.8, 4) is 0 Å². The zero-order chi connectivity index (χ0) is 62.1. The monoisotopic (exact) mass is 1210 g/mol. The van der Waals surface area contributed by atoms with Gasteiger partial charge in [-0.3, -0.25) is 19.2 Å². The quantitative estimate of drug-likeness (QED) is 0.0238. The highest BCUT2D eigenvalue weighted by Gasteiger charge is 2.57. The molecule has 6 heterocycles. The second kappa shape index (κ2) is 29.7. The van der Waals surface area contributed by atoms with Gasteiger partial charge < -0.3 is 125 Å². The van der Waals surface area contributed by atoms with Gasteiger partial charge in [0, 0.05) is 79.7 Å². The van der Waals surface area contributed by atoms with Crippen LogP contribution in [0.2, 0.25) is 0 Å². The first-order valence-corrected chi connectivity index (χ1v) is 26.9. The largest absolute Gasteiger partial charge is 0.494 e. The number of carboxylic acid groups (broad SMARTS) is 1. The van der Waals surface area contributed by atoms with Gasteiger partial charge in [-0.1, -0.05) is 31.2 Å². The summed E-state index contributed by atoms with van der Waals surface area (Å²) in [5.41, 5.74) is 1.75. The Balaban J connectivity index is 1.04. The van der Waals surface area contributed by atoms with Crippen LogP contribution in [0, 0.1) is 5.92 Å². The third kappa shape index (κ3) is 16.0. The number of amides is 4. The molecular weight excluding hydrogens is 1130 g/mol. The van der Waals surface area contributed by atoms with Crippen LogP contribution >= 0.6 is 0 Å². The predicted octanol–water partition coefficient (Wildman–Crippen LogP) is -10.9. The molecule has 466 valence electrons. The van der Waals surface area contributed by atoms with Crippen molar-refractivity contribution in [1.82, 2.24) is 21.3 Å². The molecule has 0 bridgehead atoms. The molecule has 34 heteroatoms. The predicted molar refractivity (Wildman–Crippen MR) is 281 cm³/mol. The fourth-order valence-corrected chi connectivity index (χ4v) is 10.4. The summed E-state index contributed by atoms with van der Waals surface area (Å²) in [6, 6.07) is 8.15. The molecule has 4 amide bonds. The van der Waals surface area contributed by atoms with Crippen LogP contribution in [0.5, 0.6) is 0 Å². The van der Waals surface area contributed by atoms with Crippen molar-refractivity contribution >= 4 is 54.8 Å². The van der Waals surface area contributed by atoms with Crippen molar-refractivity contribution in [2.45, 2.75) is 150 Å². The van der Waals surface area contributed by atoms with Gasteiger partial charge in [0.15, 0.2) is 69.1 Å². The van der Waals surface area contributed by atoms with Gasteiger partial charge in [0.05, 0.1) is 19.3 Å². The lowest BCUT2D eigenvalue weighted by atomic mass is 9.82. The molecule has 17 N–H and O–H groups in total. The van der Waals surface area contributed by atoms with Gasteiger partial charge in [0.1, 0.15) is 79.2 Å². The lowest BCUT2D eigenvalue weighted by Gasteiger charge is -2.50. The molecule has 12 unspecified atom stereocenters. The second-order valence-corrected chi connectivity index (χ2v) is 20.8. The molecule has 7 rings (SSSR count). The Bertz CT molecular complexity index is 2780. The highest BCUT2D eigenvalue weighted by Crippen LogP contribution is 2.36. The molecule has 3 aromatic rings. The van der Waals surface area contributed by atoms with E-state index in [0.29, 0.717) is 11.1 Å². The number of methoxy groups -OCH3 is 1. The van der Waals surface area contributed by atoms with Gasteiger partial charge in [0.2, 0.25) is 17.7 Å². The molecule has 0 spiro atoms. The highest BCUT2D eigenvalue weighted by molar-refractivity contribution is 6.58. The van der Waals surface area contributed by atoms with Gasteiger partial charge in [-0.25, -0.2) is 13.9 Å². The van der Waals surface area contributed by atoms with Gasteiger partial charge in [-0.15, -0.1) is 0 Å². The molecule has 4 aliphatic heterocycles. The number of nitrogens with zero attached hydrogens (tertiary/aromatic N) is 2. The van der Waals surface area contributed by atoms with Crippen LogP contribution < -0.4 is 41.3 Å². The molecule has 32 nitrogen and oxygen atoms in total. The summed E-state index contributed by atoms with van der Waals surface area (Å²) >= 11 is 0. The van der Waals surface area contributed by atoms with Crippen molar-refractivity contribution < 1.29 is 137 Å². The zero-order valence-corrected chi connectivity index (χ0v) is 46.3. The van der Waals surface area contributed by atoms with Crippen molar-refractivity contribution in [2.24, 2.45) is 5.92 Å². The van der Waals surface area contributed by atoms with Crippen LogP contribution in [0.15, 0.2) is 67.3 Å².